The highest BCUT2D eigenvalue weighted by atomic mass is 19.1. The van der Waals surface area contributed by atoms with Gasteiger partial charge in [0.25, 0.3) is 5.91 Å². The van der Waals surface area contributed by atoms with Crippen LogP contribution in [-0.2, 0) is 0 Å². The molecule has 3 N–H and O–H groups in total. The first-order valence-electron chi connectivity index (χ1n) is 12.1. The number of likely N-dealkylation sites (tertiary alicyclic amines) is 1. The largest absolute Gasteiger partial charge is 0.381 e. The molecule has 6 rings (SSSR count). The summed E-state index contributed by atoms with van der Waals surface area (Å²) in [6.07, 6.45) is 3.48. The average Bonchev–Trinajstić information content (AvgIpc) is 3.32. The number of hydrogen-bond donors (Lipinski definition) is 2. The number of aromatic nitrogens is 4. The molecule has 8 nitrogen and oxygen atoms in total. The van der Waals surface area contributed by atoms with Crippen molar-refractivity contribution in [3.05, 3.63) is 78.0 Å². The number of nitrogens with two attached hydrogens (primary N) is 1. The number of aryl methyl sites for hydroxylation is 1. The smallest absolute Gasteiger partial charge is 0.271 e. The van der Waals surface area contributed by atoms with Crippen molar-refractivity contribution in [2.45, 2.75) is 6.92 Å². The van der Waals surface area contributed by atoms with Gasteiger partial charge in [-0.25, -0.2) is 14.4 Å². The summed E-state index contributed by atoms with van der Waals surface area (Å²) in [7, 11) is 2.06. The third-order valence-electron chi connectivity index (χ3n) is 6.91. The van der Waals surface area contributed by atoms with Gasteiger partial charge in [-0.05, 0) is 62.0 Å². The quantitative estimate of drug-likeness (QED) is 0.383. The van der Waals surface area contributed by atoms with E-state index in [1.165, 1.54) is 12.1 Å². The summed E-state index contributed by atoms with van der Waals surface area (Å²) in [6.45, 7) is 4.55. The predicted octanol–water partition coefficient (Wildman–Crippen LogP) is 3.93. The zero-order valence-electron chi connectivity index (χ0n) is 20.6. The van der Waals surface area contributed by atoms with Gasteiger partial charge in [0.05, 0.1) is 16.9 Å². The molecule has 186 valence electrons. The molecule has 0 radical (unpaired) electrons. The number of anilines is 1. The molecule has 0 saturated carbocycles. The number of carbonyl (C=O) groups is 1. The number of benzene rings is 2. The molecule has 0 unspecified atom stereocenters. The number of nitrogens with zero attached hydrogens (tertiary/aromatic N) is 5. The zero-order chi connectivity index (χ0) is 25.7. The monoisotopic (exact) mass is 495 g/mol. The van der Waals surface area contributed by atoms with Gasteiger partial charge in [0.2, 0.25) is 0 Å². The molecule has 0 bridgehead atoms. The maximum Gasteiger partial charge on any atom is 0.271 e. The van der Waals surface area contributed by atoms with Crippen LogP contribution < -0.4 is 11.1 Å². The van der Waals surface area contributed by atoms with E-state index in [9.17, 15) is 9.18 Å². The lowest BCUT2D eigenvalue weighted by molar-refractivity contribution is 0.0894. The summed E-state index contributed by atoms with van der Waals surface area (Å²) < 4.78 is 15.5. The van der Waals surface area contributed by atoms with Crippen molar-refractivity contribution in [3.8, 4) is 22.5 Å². The number of nitrogens with one attached hydrogen (secondary N) is 1. The first kappa shape index (κ1) is 23.1. The fourth-order valence-corrected chi connectivity index (χ4v) is 4.98. The standard InChI is InChI=1S/C28H26FN7O/c1-16-9-10-31-22-8-5-19(11-21(16)22)25-24(18-3-6-20(29)7-4-18)34-26(30)27-33-23(15-36(25)27)28(37)32-12-17-13-35(2)14-17/h3-11,15,17H,12-14H2,1-2H3,(H2,30,34)(H,32,37). The van der Waals surface area contributed by atoms with Gasteiger partial charge in [-0.2, -0.15) is 0 Å². The van der Waals surface area contributed by atoms with E-state index in [1.54, 1.807) is 28.9 Å². The third kappa shape index (κ3) is 4.17. The SMILES string of the molecule is Cc1ccnc2ccc(-c3c(-c4ccc(F)cc4)nc(N)c4nc(C(=O)NCC5CN(C)C5)cn34)cc12. The Labute approximate surface area is 213 Å². The van der Waals surface area contributed by atoms with E-state index in [-0.39, 0.29) is 23.2 Å². The number of carbonyl (C=O) groups excluding carboxylic acids is 1. The van der Waals surface area contributed by atoms with Crippen molar-refractivity contribution in [1.82, 2.24) is 29.6 Å². The molecular weight excluding hydrogens is 469 g/mol. The van der Waals surface area contributed by atoms with E-state index in [1.807, 2.05) is 31.2 Å². The van der Waals surface area contributed by atoms with Crippen molar-refractivity contribution in [2.24, 2.45) is 5.92 Å². The normalized spacial score (nSPS) is 14.2. The van der Waals surface area contributed by atoms with Gasteiger partial charge < -0.3 is 16.0 Å². The first-order valence-corrected chi connectivity index (χ1v) is 12.1. The van der Waals surface area contributed by atoms with E-state index in [4.69, 9.17) is 5.73 Å². The molecule has 37 heavy (non-hydrogen) atoms. The fourth-order valence-electron chi connectivity index (χ4n) is 4.98. The Kier molecular flexibility index (Phi) is 5.57. The van der Waals surface area contributed by atoms with Gasteiger partial charge >= 0.3 is 0 Å². The summed E-state index contributed by atoms with van der Waals surface area (Å²) in [4.78, 5) is 28.9. The second kappa shape index (κ2) is 8.94. The second-order valence-electron chi connectivity index (χ2n) is 9.68. The van der Waals surface area contributed by atoms with Crippen LogP contribution in [0.25, 0.3) is 39.1 Å². The van der Waals surface area contributed by atoms with Gasteiger partial charge in [0.1, 0.15) is 11.5 Å². The van der Waals surface area contributed by atoms with E-state index in [0.717, 1.165) is 35.1 Å². The molecule has 0 spiro atoms. The van der Waals surface area contributed by atoms with Gasteiger partial charge in [0.15, 0.2) is 11.5 Å². The Morgan fingerprint density at radius 2 is 1.86 bits per heavy atom. The summed E-state index contributed by atoms with van der Waals surface area (Å²) >= 11 is 0. The molecule has 5 aromatic rings. The summed E-state index contributed by atoms with van der Waals surface area (Å²) in [5.41, 5.74) is 11.8. The fraction of sp³-hybridized carbons (Fsp3) is 0.214. The van der Waals surface area contributed by atoms with Gasteiger partial charge in [-0.15, -0.1) is 0 Å². The van der Waals surface area contributed by atoms with E-state index >= 15 is 0 Å². The van der Waals surface area contributed by atoms with E-state index < -0.39 is 0 Å². The Balaban J connectivity index is 1.51. The minimum atomic E-state index is -0.342. The maximum atomic E-state index is 13.7. The third-order valence-corrected chi connectivity index (χ3v) is 6.91. The van der Waals surface area contributed by atoms with Crippen LogP contribution in [0.15, 0.2) is 60.9 Å². The highest BCUT2D eigenvalue weighted by molar-refractivity contribution is 5.95. The van der Waals surface area contributed by atoms with Crippen LogP contribution in [0.3, 0.4) is 0 Å². The highest BCUT2D eigenvalue weighted by Crippen LogP contribution is 2.35. The van der Waals surface area contributed by atoms with Gasteiger partial charge in [0, 0.05) is 54.5 Å². The second-order valence-corrected chi connectivity index (χ2v) is 9.68. The molecule has 1 amide bonds. The topological polar surface area (TPSA) is 101 Å². The summed E-state index contributed by atoms with van der Waals surface area (Å²) in [5, 5.41) is 3.99. The Morgan fingerprint density at radius 3 is 2.62 bits per heavy atom. The summed E-state index contributed by atoms with van der Waals surface area (Å²) in [5.74, 6) is 0.0191. The molecule has 0 atom stereocenters. The molecule has 9 heteroatoms. The highest BCUT2D eigenvalue weighted by Gasteiger charge is 2.25. The minimum Gasteiger partial charge on any atom is -0.381 e. The molecule has 1 aliphatic rings. The molecular formula is C28H26FN7O. The molecule has 3 aromatic heterocycles. The molecule has 1 saturated heterocycles. The first-order chi connectivity index (χ1) is 17.9. The van der Waals surface area contributed by atoms with Crippen molar-refractivity contribution < 1.29 is 9.18 Å². The van der Waals surface area contributed by atoms with Crippen molar-refractivity contribution in [1.29, 1.82) is 0 Å². The number of halogens is 1. The summed E-state index contributed by atoms with van der Waals surface area (Å²) in [6, 6.07) is 14.0. The Hall–Kier alpha value is -4.37. The number of hydrogen-bond acceptors (Lipinski definition) is 6. The van der Waals surface area contributed by atoms with Gasteiger partial charge in [-0.3, -0.25) is 14.2 Å². The average molecular weight is 496 g/mol. The van der Waals surface area contributed by atoms with Crippen LogP contribution in [0.5, 0.6) is 0 Å². The molecule has 1 aliphatic heterocycles. The number of rotatable bonds is 5. The van der Waals surface area contributed by atoms with Crippen molar-refractivity contribution in [3.63, 3.8) is 0 Å². The van der Waals surface area contributed by atoms with Crippen LogP contribution in [0, 0.1) is 18.7 Å². The lowest BCUT2D eigenvalue weighted by Crippen LogP contribution is -2.49. The van der Waals surface area contributed by atoms with Crippen LogP contribution in [0.1, 0.15) is 16.1 Å². The number of imidazole rings is 1. The molecule has 0 aliphatic carbocycles. The van der Waals surface area contributed by atoms with Crippen LogP contribution in [0.2, 0.25) is 0 Å². The van der Waals surface area contributed by atoms with E-state index in [2.05, 4.69) is 32.2 Å². The lowest BCUT2D eigenvalue weighted by atomic mass is 10.0. The number of nitrogen functional groups attached to an aromatic ring is 1. The van der Waals surface area contributed by atoms with Crippen LogP contribution >= 0.6 is 0 Å². The van der Waals surface area contributed by atoms with Crippen LogP contribution in [0.4, 0.5) is 10.2 Å². The number of amides is 1. The molecule has 2 aromatic carbocycles. The predicted molar refractivity (Wildman–Crippen MR) is 142 cm³/mol. The number of fused-ring (bicyclic) bond motifs is 2. The number of pyridine rings is 1. The van der Waals surface area contributed by atoms with Crippen LogP contribution in [-0.4, -0.2) is 56.8 Å². The Morgan fingerprint density at radius 1 is 1.11 bits per heavy atom. The van der Waals surface area contributed by atoms with Crippen molar-refractivity contribution in [2.75, 3.05) is 32.4 Å². The zero-order valence-corrected chi connectivity index (χ0v) is 20.6. The Bertz CT molecular complexity index is 1660. The maximum absolute atomic E-state index is 13.7. The minimum absolute atomic E-state index is 0.182. The van der Waals surface area contributed by atoms with E-state index in [0.29, 0.717) is 35.1 Å². The van der Waals surface area contributed by atoms with Crippen molar-refractivity contribution >= 4 is 28.3 Å². The van der Waals surface area contributed by atoms with Gasteiger partial charge in [-0.1, -0.05) is 6.07 Å². The lowest BCUT2D eigenvalue weighted by Gasteiger charge is -2.36. The molecule has 1 fully saturated rings. The molecule has 4 heterocycles.